The van der Waals surface area contributed by atoms with Crippen LogP contribution < -0.4 is 0 Å². The Balaban J connectivity index is 3.91. The summed E-state index contributed by atoms with van der Waals surface area (Å²) in [5.74, 6) is 3.12. The summed E-state index contributed by atoms with van der Waals surface area (Å²) in [5.41, 5.74) is 0. The highest BCUT2D eigenvalue weighted by atomic mass is 32.7. The molecule has 15 heavy (non-hydrogen) atoms. The van der Waals surface area contributed by atoms with Gasteiger partial charge in [-0.15, -0.1) is 0 Å². The van der Waals surface area contributed by atoms with E-state index in [1.54, 1.807) is 0 Å². The summed E-state index contributed by atoms with van der Waals surface area (Å²) in [5, 5.41) is 0. The first kappa shape index (κ1) is 15.9. The Hall–Kier alpha value is 0.890. The van der Waals surface area contributed by atoms with E-state index in [2.05, 4.69) is 13.8 Å². The molecular weight excluding hydrogens is 247 g/mol. The van der Waals surface area contributed by atoms with Gasteiger partial charge in [0.05, 0.1) is 6.10 Å². The molecule has 0 aromatic heterocycles. The fraction of sp³-hybridized carbons (Fsp3) is 1.00. The highest BCUT2D eigenvalue weighted by molar-refractivity contribution is 8.56. The summed E-state index contributed by atoms with van der Waals surface area (Å²) >= 11 is 3.41. The van der Waals surface area contributed by atoms with Crippen molar-refractivity contribution in [1.82, 2.24) is 0 Å². The molecule has 2 nitrogen and oxygen atoms in total. The molecule has 5 heteroatoms. The van der Waals surface area contributed by atoms with Crippen LogP contribution in [0.5, 0.6) is 0 Å². The van der Waals surface area contributed by atoms with Gasteiger partial charge in [-0.3, -0.25) is 4.57 Å². The molecule has 0 amide bonds. The monoisotopic (exact) mass is 270 g/mol. The van der Waals surface area contributed by atoms with Crippen molar-refractivity contribution in [2.75, 3.05) is 23.4 Å². The molecule has 0 fully saturated rings. The lowest BCUT2D eigenvalue weighted by molar-refractivity contribution is 0.228. The van der Waals surface area contributed by atoms with Gasteiger partial charge in [0, 0.05) is 17.7 Å². The Morgan fingerprint density at radius 1 is 1.27 bits per heavy atom. The molecule has 0 aliphatic rings. The Morgan fingerprint density at radius 3 is 2.40 bits per heavy atom. The maximum atomic E-state index is 12.2. The molecule has 0 aromatic carbocycles. The highest BCUT2D eigenvalue weighted by Crippen LogP contribution is 2.60. The van der Waals surface area contributed by atoms with Crippen LogP contribution in [0.15, 0.2) is 0 Å². The predicted molar refractivity (Wildman–Crippen MR) is 74.4 cm³/mol. The zero-order chi connectivity index (χ0) is 11.7. The van der Waals surface area contributed by atoms with Crippen molar-refractivity contribution in [3.05, 3.63) is 0 Å². The smallest absolute Gasteiger partial charge is 0.257 e. The van der Waals surface area contributed by atoms with Crippen LogP contribution in [0, 0.1) is 0 Å². The van der Waals surface area contributed by atoms with Crippen LogP contribution in [0.2, 0.25) is 0 Å². The van der Waals surface area contributed by atoms with Crippen LogP contribution >= 0.6 is 29.7 Å². The van der Waals surface area contributed by atoms with Gasteiger partial charge in [-0.25, -0.2) is 0 Å². The lowest BCUT2D eigenvalue weighted by Crippen LogP contribution is -2.04. The Bertz CT molecular complexity index is 200. The molecule has 0 aromatic rings. The summed E-state index contributed by atoms with van der Waals surface area (Å²) in [6.07, 6.45) is 1.68. The summed E-state index contributed by atoms with van der Waals surface area (Å²) in [7, 11) is 0. The van der Waals surface area contributed by atoms with Gasteiger partial charge in [0.2, 0.25) is 0 Å². The maximum absolute atomic E-state index is 12.2. The van der Waals surface area contributed by atoms with Crippen LogP contribution in [0.25, 0.3) is 0 Å². The molecule has 0 spiro atoms. The normalized spacial score (nSPS) is 17.3. The average molecular weight is 270 g/mol. The standard InChI is InChI=1S/C10H23O2PS2/c1-5-10(4)12-13(11,6-2)15-9-8-14-7-3/h10H,5-9H2,1-4H3/t10-,13+/m0/s1. The van der Waals surface area contributed by atoms with Crippen molar-refractivity contribution in [1.29, 1.82) is 0 Å². The van der Waals surface area contributed by atoms with Gasteiger partial charge in [-0.05, 0) is 19.1 Å². The molecule has 0 aliphatic heterocycles. The Kier molecular flexibility index (Phi) is 9.51. The molecule has 0 N–H and O–H groups in total. The van der Waals surface area contributed by atoms with Gasteiger partial charge in [0.25, 0.3) is 6.57 Å². The Morgan fingerprint density at radius 2 is 1.93 bits per heavy atom. The predicted octanol–water partition coefficient (Wildman–Crippen LogP) is 4.50. The summed E-state index contributed by atoms with van der Waals surface area (Å²) < 4.78 is 17.9. The maximum Gasteiger partial charge on any atom is 0.257 e. The molecule has 0 heterocycles. The fourth-order valence-electron chi connectivity index (χ4n) is 0.925. The zero-order valence-electron chi connectivity index (χ0n) is 10.2. The molecule has 0 aliphatic carbocycles. The van der Waals surface area contributed by atoms with Crippen molar-refractivity contribution in [2.45, 2.75) is 40.2 Å². The lowest BCUT2D eigenvalue weighted by atomic mass is 10.3. The third kappa shape index (κ3) is 7.73. The van der Waals surface area contributed by atoms with Crippen molar-refractivity contribution >= 4 is 29.7 Å². The van der Waals surface area contributed by atoms with Gasteiger partial charge in [0.15, 0.2) is 0 Å². The molecule has 0 unspecified atom stereocenters. The lowest BCUT2D eigenvalue weighted by Gasteiger charge is -2.20. The summed E-state index contributed by atoms with van der Waals surface area (Å²) in [6.45, 7) is 5.73. The van der Waals surface area contributed by atoms with Crippen molar-refractivity contribution in [2.24, 2.45) is 0 Å². The number of hydrogen-bond donors (Lipinski definition) is 0. The van der Waals surface area contributed by atoms with E-state index in [0.717, 1.165) is 23.7 Å². The third-order valence-electron chi connectivity index (χ3n) is 2.02. The third-order valence-corrected chi connectivity index (χ3v) is 8.18. The second-order valence-corrected chi connectivity index (χ2v) is 9.85. The second-order valence-electron chi connectivity index (χ2n) is 3.28. The quantitative estimate of drug-likeness (QED) is 0.455. The number of thioether (sulfide) groups is 1. The van der Waals surface area contributed by atoms with E-state index in [0.29, 0.717) is 6.16 Å². The minimum Gasteiger partial charge on any atom is -0.318 e. The number of hydrogen-bond acceptors (Lipinski definition) is 4. The minimum atomic E-state index is -2.41. The molecular formula is C10H23O2PS2. The van der Waals surface area contributed by atoms with E-state index in [1.807, 2.05) is 25.6 Å². The molecule has 0 saturated carbocycles. The summed E-state index contributed by atoms with van der Waals surface area (Å²) in [4.78, 5) is 0. The van der Waals surface area contributed by atoms with Crippen LogP contribution in [0.4, 0.5) is 0 Å². The van der Waals surface area contributed by atoms with Crippen LogP contribution in [-0.4, -0.2) is 29.5 Å². The van der Waals surface area contributed by atoms with Crippen molar-refractivity contribution < 1.29 is 9.09 Å². The first-order valence-electron chi connectivity index (χ1n) is 5.57. The van der Waals surface area contributed by atoms with Gasteiger partial charge in [-0.1, -0.05) is 32.2 Å². The Labute approximate surface area is 103 Å². The van der Waals surface area contributed by atoms with Crippen molar-refractivity contribution in [3.63, 3.8) is 0 Å². The largest absolute Gasteiger partial charge is 0.318 e. The molecule has 0 radical (unpaired) electrons. The number of rotatable bonds is 9. The van der Waals surface area contributed by atoms with Crippen LogP contribution in [0.1, 0.15) is 34.1 Å². The first-order valence-corrected chi connectivity index (χ1v) is 10.1. The molecule has 2 atom stereocenters. The second kappa shape index (κ2) is 8.98. The van der Waals surface area contributed by atoms with E-state index >= 15 is 0 Å². The van der Waals surface area contributed by atoms with Gasteiger partial charge >= 0.3 is 0 Å². The fourth-order valence-corrected chi connectivity index (χ4v) is 6.03. The van der Waals surface area contributed by atoms with E-state index in [9.17, 15) is 4.57 Å². The molecule has 0 saturated heterocycles. The van der Waals surface area contributed by atoms with E-state index in [-0.39, 0.29) is 6.10 Å². The van der Waals surface area contributed by atoms with Crippen LogP contribution in [0.3, 0.4) is 0 Å². The first-order chi connectivity index (χ1) is 7.08. The zero-order valence-corrected chi connectivity index (χ0v) is 12.7. The average Bonchev–Trinajstić information content (AvgIpc) is 2.24. The topological polar surface area (TPSA) is 26.3 Å². The molecule has 0 bridgehead atoms. The molecule has 0 rings (SSSR count). The SMILES string of the molecule is CCSCCS[P@@](=O)(CC)O[C@@H](C)CC. The highest BCUT2D eigenvalue weighted by Gasteiger charge is 2.23. The van der Waals surface area contributed by atoms with Gasteiger partial charge < -0.3 is 4.52 Å². The molecule has 92 valence electrons. The minimum absolute atomic E-state index is 0.113. The summed E-state index contributed by atoms with van der Waals surface area (Å²) in [6, 6.07) is 0. The van der Waals surface area contributed by atoms with E-state index in [1.165, 1.54) is 11.4 Å². The van der Waals surface area contributed by atoms with Gasteiger partial charge in [0.1, 0.15) is 0 Å². The van der Waals surface area contributed by atoms with Gasteiger partial charge in [-0.2, -0.15) is 11.8 Å². The van der Waals surface area contributed by atoms with Crippen molar-refractivity contribution in [3.8, 4) is 0 Å². The van der Waals surface area contributed by atoms with E-state index < -0.39 is 6.57 Å². The van der Waals surface area contributed by atoms with E-state index in [4.69, 9.17) is 4.52 Å². The van der Waals surface area contributed by atoms with Crippen LogP contribution in [-0.2, 0) is 9.09 Å².